The lowest BCUT2D eigenvalue weighted by Gasteiger charge is -2.40. The Bertz CT molecular complexity index is 1020. The second kappa shape index (κ2) is 7.26. The molecule has 1 aromatic heterocycles. The predicted octanol–water partition coefficient (Wildman–Crippen LogP) is 5.52. The van der Waals surface area contributed by atoms with Gasteiger partial charge in [-0.3, -0.25) is 9.69 Å². The summed E-state index contributed by atoms with van der Waals surface area (Å²) in [7, 11) is 0. The fourth-order valence-corrected chi connectivity index (χ4v) is 7.09. The van der Waals surface area contributed by atoms with Crippen LogP contribution in [0.3, 0.4) is 0 Å². The molecule has 3 aliphatic rings. The zero-order valence-electron chi connectivity index (χ0n) is 19.4. The number of hydrogen-bond acceptors (Lipinski definition) is 4. The Morgan fingerprint density at radius 2 is 1.97 bits per heavy atom. The number of furan rings is 1. The lowest BCUT2D eigenvalue weighted by molar-refractivity contribution is 0.0937. The molecule has 168 valence electrons. The van der Waals surface area contributed by atoms with Gasteiger partial charge in [0.05, 0.1) is 5.56 Å². The standard InChI is InChI=1S/C26H36N2O3/c1-16-22(24(30)27-17-7-5-6-8-17)23-19(20(29)9-10-21(23)31-16)13-28-15-26(4)12-18(28)11-25(2,3)14-26/h9-10,17-18,29H,5-8,11-15H2,1-4H3,(H,27,30)/t18-,26+/m1/s1. The van der Waals surface area contributed by atoms with Gasteiger partial charge in [0.15, 0.2) is 0 Å². The van der Waals surface area contributed by atoms with Crippen LogP contribution < -0.4 is 5.32 Å². The zero-order valence-corrected chi connectivity index (χ0v) is 19.4. The van der Waals surface area contributed by atoms with E-state index in [1.165, 1.54) is 32.1 Å². The highest BCUT2D eigenvalue weighted by molar-refractivity contribution is 6.09. The molecule has 2 aliphatic carbocycles. The maximum Gasteiger partial charge on any atom is 0.255 e. The van der Waals surface area contributed by atoms with Crippen LogP contribution in [-0.2, 0) is 6.54 Å². The topological polar surface area (TPSA) is 65.7 Å². The largest absolute Gasteiger partial charge is 0.508 e. The van der Waals surface area contributed by atoms with Gasteiger partial charge in [0.1, 0.15) is 17.1 Å². The van der Waals surface area contributed by atoms with Crippen LogP contribution in [0.4, 0.5) is 0 Å². The predicted molar refractivity (Wildman–Crippen MR) is 122 cm³/mol. The smallest absolute Gasteiger partial charge is 0.255 e. The monoisotopic (exact) mass is 424 g/mol. The third kappa shape index (κ3) is 3.75. The van der Waals surface area contributed by atoms with E-state index in [2.05, 4.69) is 31.0 Å². The molecule has 1 saturated heterocycles. The van der Waals surface area contributed by atoms with Crippen LogP contribution in [0.25, 0.3) is 11.0 Å². The molecule has 1 aliphatic heterocycles. The number of carbonyl (C=O) groups excluding carboxylic acids is 1. The van der Waals surface area contributed by atoms with Crippen molar-refractivity contribution in [3.05, 3.63) is 29.0 Å². The zero-order chi connectivity index (χ0) is 22.0. The molecule has 0 unspecified atom stereocenters. The van der Waals surface area contributed by atoms with Crippen LogP contribution in [-0.4, -0.2) is 34.5 Å². The molecule has 2 heterocycles. The number of benzene rings is 1. The minimum atomic E-state index is -0.0664. The van der Waals surface area contributed by atoms with Crippen LogP contribution in [0.15, 0.2) is 16.5 Å². The van der Waals surface area contributed by atoms with E-state index in [-0.39, 0.29) is 17.7 Å². The van der Waals surface area contributed by atoms with Crippen LogP contribution in [0.2, 0.25) is 0 Å². The molecule has 1 amide bonds. The fourth-order valence-electron chi connectivity index (χ4n) is 7.09. The summed E-state index contributed by atoms with van der Waals surface area (Å²) < 4.78 is 5.99. The lowest BCUT2D eigenvalue weighted by Crippen LogP contribution is -2.34. The lowest BCUT2D eigenvalue weighted by atomic mass is 9.65. The summed E-state index contributed by atoms with van der Waals surface area (Å²) >= 11 is 0. The number of phenolic OH excluding ortho intramolecular Hbond substituents is 1. The molecular weight excluding hydrogens is 388 g/mol. The summed E-state index contributed by atoms with van der Waals surface area (Å²) in [4.78, 5) is 15.8. The van der Waals surface area contributed by atoms with Crippen molar-refractivity contribution in [1.29, 1.82) is 0 Å². The van der Waals surface area contributed by atoms with Gasteiger partial charge in [-0.2, -0.15) is 0 Å². The number of nitrogens with one attached hydrogen (secondary N) is 1. The molecule has 5 nitrogen and oxygen atoms in total. The Kier molecular flexibility index (Phi) is 4.89. The Balaban J connectivity index is 1.50. The molecule has 5 rings (SSSR count). The Hall–Kier alpha value is -2.01. The van der Waals surface area contributed by atoms with Gasteiger partial charge < -0.3 is 14.8 Å². The molecule has 2 bridgehead atoms. The van der Waals surface area contributed by atoms with Crippen LogP contribution in [0.1, 0.15) is 87.4 Å². The van der Waals surface area contributed by atoms with E-state index in [4.69, 9.17) is 4.42 Å². The Labute approximate surface area is 185 Å². The molecule has 2 N–H and O–H groups in total. The molecule has 1 aromatic carbocycles. The van der Waals surface area contributed by atoms with E-state index >= 15 is 0 Å². The van der Waals surface area contributed by atoms with Gasteiger partial charge >= 0.3 is 0 Å². The maximum atomic E-state index is 13.2. The molecule has 2 aromatic rings. The first-order valence-electron chi connectivity index (χ1n) is 11.9. The van der Waals surface area contributed by atoms with Crippen molar-refractivity contribution >= 4 is 16.9 Å². The SMILES string of the molecule is Cc1oc2ccc(O)c(CN3C[C@@]4(C)C[C@H]3CC(C)(C)C4)c2c1C(=O)NC1CCCC1. The van der Waals surface area contributed by atoms with Crippen LogP contribution in [0.5, 0.6) is 5.75 Å². The van der Waals surface area contributed by atoms with E-state index in [9.17, 15) is 9.90 Å². The van der Waals surface area contributed by atoms with Gasteiger partial charge in [-0.1, -0.05) is 33.6 Å². The fraction of sp³-hybridized carbons (Fsp3) is 0.654. The van der Waals surface area contributed by atoms with Crippen LogP contribution >= 0.6 is 0 Å². The first-order chi connectivity index (χ1) is 14.6. The van der Waals surface area contributed by atoms with Gasteiger partial charge in [0, 0.05) is 36.1 Å². The van der Waals surface area contributed by atoms with Crippen molar-refractivity contribution in [2.45, 2.75) is 91.3 Å². The van der Waals surface area contributed by atoms with Gasteiger partial charge in [-0.05, 0) is 62.0 Å². The number of carbonyl (C=O) groups is 1. The normalized spacial score (nSPS) is 28.5. The number of hydrogen-bond donors (Lipinski definition) is 2. The number of fused-ring (bicyclic) bond motifs is 3. The van der Waals surface area contributed by atoms with Crippen molar-refractivity contribution < 1.29 is 14.3 Å². The van der Waals surface area contributed by atoms with Crippen LogP contribution in [0, 0.1) is 17.8 Å². The average molecular weight is 425 g/mol. The molecule has 5 heteroatoms. The highest BCUT2D eigenvalue weighted by atomic mass is 16.3. The second-order valence-corrected chi connectivity index (χ2v) is 11.5. The molecule has 3 fully saturated rings. The van der Waals surface area contributed by atoms with E-state index in [1.54, 1.807) is 12.1 Å². The number of aromatic hydroxyl groups is 1. The maximum absolute atomic E-state index is 13.2. The van der Waals surface area contributed by atoms with E-state index < -0.39 is 0 Å². The minimum Gasteiger partial charge on any atom is -0.508 e. The molecule has 0 spiro atoms. The number of nitrogens with zero attached hydrogens (tertiary/aromatic N) is 1. The van der Waals surface area contributed by atoms with Crippen molar-refractivity contribution in [2.24, 2.45) is 10.8 Å². The summed E-state index contributed by atoms with van der Waals surface area (Å²) in [5.41, 5.74) is 2.79. The highest BCUT2D eigenvalue weighted by Crippen LogP contribution is 2.53. The number of rotatable bonds is 4. The Morgan fingerprint density at radius 1 is 1.23 bits per heavy atom. The number of likely N-dealkylation sites (tertiary alicyclic amines) is 1. The van der Waals surface area contributed by atoms with Gasteiger partial charge in [0.25, 0.3) is 5.91 Å². The second-order valence-electron chi connectivity index (χ2n) is 11.5. The number of amides is 1. The molecule has 2 saturated carbocycles. The summed E-state index contributed by atoms with van der Waals surface area (Å²) in [5, 5.41) is 14.9. The highest BCUT2D eigenvalue weighted by Gasteiger charge is 2.49. The van der Waals surface area contributed by atoms with Crippen molar-refractivity contribution in [2.75, 3.05) is 6.54 Å². The molecule has 31 heavy (non-hydrogen) atoms. The van der Waals surface area contributed by atoms with E-state index in [0.717, 1.165) is 30.3 Å². The summed E-state index contributed by atoms with van der Waals surface area (Å²) in [5.74, 6) is 0.822. The summed E-state index contributed by atoms with van der Waals surface area (Å²) in [6, 6.07) is 4.28. The van der Waals surface area contributed by atoms with Gasteiger partial charge in [-0.25, -0.2) is 0 Å². The van der Waals surface area contributed by atoms with Crippen molar-refractivity contribution in [3.8, 4) is 5.75 Å². The number of phenols is 1. The van der Waals surface area contributed by atoms with Crippen molar-refractivity contribution in [1.82, 2.24) is 10.2 Å². The molecular formula is C26H36N2O3. The molecule has 2 atom stereocenters. The number of aryl methyl sites for hydroxylation is 1. The third-order valence-corrected chi connectivity index (χ3v) is 7.92. The third-order valence-electron chi connectivity index (χ3n) is 7.92. The van der Waals surface area contributed by atoms with Gasteiger partial charge in [0.2, 0.25) is 0 Å². The van der Waals surface area contributed by atoms with Crippen molar-refractivity contribution in [3.63, 3.8) is 0 Å². The quantitative estimate of drug-likeness (QED) is 0.678. The Morgan fingerprint density at radius 3 is 2.71 bits per heavy atom. The summed E-state index contributed by atoms with van der Waals surface area (Å²) in [6.07, 6.45) is 8.07. The average Bonchev–Trinajstić information content (AvgIpc) is 3.33. The summed E-state index contributed by atoms with van der Waals surface area (Å²) in [6.45, 7) is 10.7. The van der Waals surface area contributed by atoms with Gasteiger partial charge in [-0.15, -0.1) is 0 Å². The first kappa shape index (κ1) is 20.9. The molecule has 0 radical (unpaired) electrons. The van der Waals surface area contributed by atoms with E-state index in [0.29, 0.717) is 40.3 Å². The minimum absolute atomic E-state index is 0.0664. The first-order valence-corrected chi connectivity index (χ1v) is 11.9. The van der Waals surface area contributed by atoms with E-state index in [1.807, 2.05) is 6.92 Å².